The monoisotopic (exact) mass is 483 g/mol. The standard InChI is InChI=1S/C23H25N5O5S/c1-16-21(32-19-5-3-17(4-6-19)18-13-30-34(29)31-14-18)26-15-27-22(16)33-20-7-11-28(12-8-20)23-24-9-2-10-25-23/h2-6,9-10,15,18,20H,7-8,11-14H2,1H3/t18-,34-. The highest BCUT2D eigenvalue weighted by Gasteiger charge is 2.24. The van der Waals surface area contributed by atoms with Crippen molar-refractivity contribution in [3.63, 3.8) is 0 Å². The van der Waals surface area contributed by atoms with Gasteiger partial charge in [0.1, 0.15) is 18.2 Å². The van der Waals surface area contributed by atoms with Crippen molar-refractivity contribution in [3.8, 4) is 17.5 Å². The maximum absolute atomic E-state index is 11.2. The quantitative estimate of drug-likeness (QED) is 0.519. The lowest BCUT2D eigenvalue weighted by Crippen LogP contribution is -2.39. The fourth-order valence-electron chi connectivity index (χ4n) is 3.90. The van der Waals surface area contributed by atoms with Crippen LogP contribution in [0.3, 0.4) is 0 Å². The van der Waals surface area contributed by atoms with Gasteiger partial charge in [-0.05, 0) is 30.7 Å². The molecule has 2 aliphatic heterocycles. The molecule has 0 aliphatic carbocycles. The van der Waals surface area contributed by atoms with Gasteiger partial charge in [-0.1, -0.05) is 12.1 Å². The SMILES string of the molecule is Cc1c(Oc2ccc([C@H]3CO[S@](=O)OC3)cc2)ncnc1OC1CCN(c2ncccn2)CC1. The van der Waals surface area contributed by atoms with Crippen molar-refractivity contribution in [1.82, 2.24) is 19.9 Å². The summed E-state index contributed by atoms with van der Waals surface area (Å²) >= 11 is -1.64. The lowest BCUT2D eigenvalue weighted by atomic mass is 10.0. The van der Waals surface area contributed by atoms with E-state index < -0.39 is 11.4 Å². The van der Waals surface area contributed by atoms with E-state index in [1.807, 2.05) is 37.3 Å². The summed E-state index contributed by atoms with van der Waals surface area (Å²) < 4.78 is 33.5. The van der Waals surface area contributed by atoms with Crippen LogP contribution in [0.5, 0.6) is 17.5 Å². The maximum atomic E-state index is 11.2. The number of ether oxygens (including phenoxy) is 2. The summed E-state index contributed by atoms with van der Waals surface area (Å²) in [7, 11) is 0. The summed E-state index contributed by atoms with van der Waals surface area (Å²) in [4.78, 5) is 19.4. The predicted molar refractivity (Wildman–Crippen MR) is 124 cm³/mol. The number of nitrogens with zero attached hydrogens (tertiary/aromatic N) is 5. The Morgan fingerprint density at radius 3 is 2.35 bits per heavy atom. The van der Waals surface area contributed by atoms with Gasteiger partial charge in [-0.15, -0.1) is 0 Å². The smallest absolute Gasteiger partial charge is 0.304 e. The molecule has 0 saturated carbocycles. The van der Waals surface area contributed by atoms with E-state index in [-0.39, 0.29) is 12.0 Å². The molecule has 3 aromatic rings. The van der Waals surface area contributed by atoms with E-state index in [4.69, 9.17) is 17.8 Å². The van der Waals surface area contributed by atoms with Crippen LogP contribution < -0.4 is 14.4 Å². The minimum Gasteiger partial charge on any atom is -0.474 e. The zero-order valence-electron chi connectivity index (χ0n) is 18.7. The summed E-state index contributed by atoms with van der Waals surface area (Å²) in [6.07, 6.45) is 6.72. The number of hydrogen-bond acceptors (Lipinski definition) is 10. The second kappa shape index (κ2) is 10.4. The van der Waals surface area contributed by atoms with E-state index in [0.29, 0.717) is 30.7 Å². The van der Waals surface area contributed by atoms with Gasteiger partial charge >= 0.3 is 11.4 Å². The fraction of sp³-hybridized carbons (Fsp3) is 0.391. The Bertz CT molecular complexity index is 1120. The number of hydrogen-bond donors (Lipinski definition) is 0. The van der Waals surface area contributed by atoms with Crippen molar-refractivity contribution in [2.45, 2.75) is 31.8 Å². The van der Waals surface area contributed by atoms with E-state index in [1.165, 1.54) is 6.33 Å². The van der Waals surface area contributed by atoms with Crippen LogP contribution in [-0.2, 0) is 19.7 Å². The minimum absolute atomic E-state index is 0.0346. The third kappa shape index (κ3) is 5.32. The molecule has 2 fully saturated rings. The van der Waals surface area contributed by atoms with Crippen molar-refractivity contribution < 1.29 is 22.0 Å². The minimum atomic E-state index is -1.64. The Kier molecular flexibility index (Phi) is 6.93. The summed E-state index contributed by atoms with van der Waals surface area (Å²) in [5.74, 6) is 2.41. The molecule has 178 valence electrons. The number of piperidine rings is 1. The third-order valence-electron chi connectivity index (χ3n) is 5.84. The lowest BCUT2D eigenvalue weighted by Gasteiger charge is -2.32. The zero-order chi connectivity index (χ0) is 23.3. The molecular weight excluding hydrogens is 458 g/mol. The molecule has 0 amide bonds. The van der Waals surface area contributed by atoms with E-state index >= 15 is 0 Å². The highest BCUT2D eigenvalue weighted by atomic mass is 32.2. The number of rotatable bonds is 6. The molecule has 2 aliphatic rings. The molecular formula is C23H25N5O5S. The molecule has 5 rings (SSSR count). The average Bonchev–Trinajstić information content (AvgIpc) is 2.88. The number of anilines is 1. The molecule has 0 atom stereocenters. The summed E-state index contributed by atoms with van der Waals surface area (Å²) in [5, 5.41) is 0. The normalized spacial score (nSPS) is 21.3. The molecule has 0 unspecified atom stereocenters. The largest absolute Gasteiger partial charge is 0.474 e. The van der Waals surface area contributed by atoms with Gasteiger partial charge in [0.05, 0.1) is 18.8 Å². The van der Waals surface area contributed by atoms with Gasteiger partial charge in [-0.25, -0.2) is 19.9 Å². The fourth-order valence-corrected chi connectivity index (χ4v) is 4.52. The van der Waals surface area contributed by atoms with Gasteiger partial charge in [-0.2, -0.15) is 4.21 Å². The van der Waals surface area contributed by atoms with Crippen molar-refractivity contribution >= 4 is 17.3 Å². The van der Waals surface area contributed by atoms with E-state index in [1.54, 1.807) is 12.4 Å². The summed E-state index contributed by atoms with van der Waals surface area (Å²) in [6.45, 7) is 4.25. The molecule has 2 saturated heterocycles. The Morgan fingerprint density at radius 1 is 0.971 bits per heavy atom. The van der Waals surface area contributed by atoms with E-state index in [0.717, 1.165) is 43.0 Å². The molecule has 0 N–H and O–H groups in total. The van der Waals surface area contributed by atoms with Crippen LogP contribution in [0.2, 0.25) is 0 Å². The van der Waals surface area contributed by atoms with Crippen LogP contribution in [0.1, 0.15) is 29.9 Å². The molecule has 0 radical (unpaired) electrons. The van der Waals surface area contributed by atoms with Crippen LogP contribution in [-0.4, -0.2) is 56.6 Å². The Morgan fingerprint density at radius 2 is 1.65 bits per heavy atom. The highest BCUT2D eigenvalue weighted by molar-refractivity contribution is 7.75. The first kappa shape index (κ1) is 22.6. The lowest BCUT2D eigenvalue weighted by molar-refractivity contribution is 0.160. The second-order valence-electron chi connectivity index (χ2n) is 8.10. The average molecular weight is 484 g/mol. The molecule has 34 heavy (non-hydrogen) atoms. The van der Waals surface area contributed by atoms with Crippen molar-refractivity contribution in [2.24, 2.45) is 0 Å². The van der Waals surface area contributed by atoms with Gasteiger partial charge in [0.15, 0.2) is 0 Å². The van der Waals surface area contributed by atoms with E-state index in [9.17, 15) is 4.21 Å². The highest BCUT2D eigenvalue weighted by Crippen LogP contribution is 2.30. The first-order valence-electron chi connectivity index (χ1n) is 11.1. The van der Waals surface area contributed by atoms with Gasteiger partial charge in [0, 0.05) is 44.2 Å². The zero-order valence-corrected chi connectivity index (χ0v) is 19.5. The Hall–Kier alpha value is -3.15. The molecule has 10 nitrogen and oxygen atoms in total. The van der Waals surface area contributed by atoms with Crippen LogP contribution >= 0.6 is 0 Å². The van der Waals surface area contributed by atoms with E-state index in [2.05, 4.69) is 24.8 Å². The maximum Gasteiger partial charge on any atom is 0.304 e. The van der Waals surface area contributed by atoms with Crippen molar-refractivity contribution in [2.75, 3.05) is 31.2 Å². The van der Waals surface area contributed by atoms with Crippen LogP contribution in [0.25, 0.3) is 0 Å². The van der Waals surface area contributed by atoms with Gasteiger partial charge in [0.2, 0.25) is 17.7 Å². The van der Waals surface area contributed by atoms with Crippen LogP contribution in [0.4, 0.5) is 5.95 Å². The van der Waals surface area contributed by atoms with Crippen LogP contribution in [0.15, 0.2) is 49.1 Å². The van der Waals surface area contributed by atoms with Crippen molar-refractivity contribution in [3.05, 3.63) is 60.2 Å². The third-order valence-corrected chi connectivity index (χ3v) is 6.50. The molecule has 1 aromatic carbocycles. The Labute approximate surface area is 200 Å². The van der Waals surface area contributed by atoms with Gasteiger partial charge < -0.3 is 14.4 Å². The van der Waals surface area contributed by atoms with Crippen molar-refractivity contribution in [1.29, 1.82) is 0 Å². The first-order valence-corrected chi connectivity index (χ1v) is 12.1. The molecule has 11 heteroatoms. The topological polar surface area (TPSA) is 109 Å². The number of aromatic nitrogens is 4. The van der Waals surface area contributed by atoms with Crippen LogP contribution in [0, 0.1) is 6.92 Å². The summed E-state index contributed by atoms with van der Waals surface area (Å²) in [5.41, 5.74) is 1.77. The predicted octanol–water partition coefficient (Wildman–Crippen LogP) is 3.12. The molecule has 2 aromatic heterocycles. The first-order chi connectivity index (χ1) is 16.7. The second-order valence-corrected chi connectivity index (χ2v) is 8.98. The molecule has 0 bridgehead atoms. The summed E-state index contributed by atoms with van der Waals surface area (Å²) in [6, 6.07) is 9.43. The van der Waals surface area contributed by atoms with Gasteiger partial charge in [0.25, 0.3) is 0 Å². The number of benzene rings is 1. The van der Waals surface area contributed by atoms with Gasteiger partial charge in [-0.3, -0.25) is 8.37 Å². The molecule has 4 heterocycles. The Balaban J connectivity index is 1.19. The molecule has 0 spiro atoms.